The van der Waals surface area contributed by atoms with E-state index in [0.29, 0.717) is 34.8 Å². The highest BCUT2D eigenvalue weighted by Crippen LogP contribution is 2.42. The first-order valence-electron chi connectivity index (χ1n) is 10.2. The van der Waals surface area contributed by atoms with Gasteiger partial charge < -0.3 is 15.2 Å². The molecule has 9 nitrogen and oxygen atoms in total. The van der Waals surface area contributed by atoms with Crippen LogP contribution in [0, 0.1) is 6.92 Å². The van der Waals surface area contributed by atoms with E-state index in [0.717, 1.165) is 24.4 Å². The standard InChI is InChI=1S/C21H24N6O3S/c1-4-17(20(29)23-18-10-12(2)30-26-18)31-21-25-24-19(14-8-9-14)27(21)16-7-5-6-15(11-16)22-13(3)28/h5-7,10-11,14,17H,4,8-9H2,1-3H3,(H,22,28)(H,23,26,29). The molecule has 0 aliphatic heterocycles. The average Bonchev–Trinajstić information content (AvgIpc) is 3.36. The van der Waals surface area contributed by atoms with Gasteiger partial charge in [-0.2, -0.15) is 0 Å². The van der Waals surface area contributed by atoms with E-state index in [-0.39, 0.29) is 17.1 Å². The van der Waals surface area contributed by atoms with Crippen LogP contribution in [0.4, 0.5) is 11.5 Å². The normalized spacial score (nSPS) is 14.3. The largest absolute Gasteiger partial charge is 0.360 e. The number of nitrogens with one attached hydrogen (secondary N) is 2. The topological polar surface area (TPSA) is 115 Å². The third-order valence-corrected chi connectivity index (χ3v) is 6.12. The first-order chi connectivity index (χ1) is 14.9. The first kappa shape index (κ1) is 21.1. The Hall–Kier alpha value is -3.14. The number of rotatable bonds is 8. The fraction of sp³-hybridized carbons (Fsp3) is 0.381. The monoisotopic (exact) mass is 440 g/mol. The van der Waals surface area contributed by atoms with E-state index in [9.17, 15) is 9.59 Å². The Morgan fingerprint density at radius 2 is 2.06 bits per heavy atom. The molecule has 1 unspecified atom stereocenters. The highest BCUT2D eigenvalue weighted by atomic mass is 32.2. The van der Waals surface area contributed by atoms with E-state index >= 15 is 0 Å². The number of amides is 2. The summed E-state index contributed by atoms with van der Waals surface area (Å²) in [7, 11) is 0. The maximum absolute atomic E-state index is 12.8. The van der Waals surface area contributed by atoms with Crippen molar-refractivity contribution in [2.24, 2.45) is 0 Å². The molecule has 1 aliphatic rings. The van der Waals surface area contributed by atoms with Crippen molar-refractivity contribution in [3.63, 3.8) is 0 Å². The Balaban J connectivity index is 1.61. The molecule has 2 aromatic heterocycles. The lowest BCUT2D eigenvalue weighted by Crippen LogP contribution is -2.25. The van der Waals surface area contributed by atoms with Gasteiger partial charge in [-0.25, -0.2) is 0 Å². The minimum absolute atomic E-state index is 0.135. The summed E-state index contributed by atoms with van der Waals surface area (Å²) >= 11 is 1.36. The summed E-state index contributed by atoms with van der Waals surface area (Å²) < 4.78 is 7.01. The van der Waals surface area contributed by atoms with Gasteiger partial charge in [0.05, 0.1) is 10.9 Å². The Labute approximate surface area is 184 Å². The highest BCUT2D eigenvalue weighted by molar-refractivity contribution is 8.00. The molecule has 0 bridgehead atoms. The summed E-state index contributed by atoms with van der Waals surface area (Å²) in [5.41, 5.74) is 1.55. The predicted molar refractivity (Wildman–Crippen MR) is 117 cm³/mol. The lowest BCUT2D eigenvalue weighted by atomic mass is 10.2. The van der Waals surface area contributed by atoms with Crippen molar-refractivity contribution in [2.75, 3.05) is 10.6 Å². The van der Waals surface area contributed by atoms with E-state index in [1.54, 1.807) is 13.0 Å². The zero-order valence-electron chi connectivity index (χ0n) is 17.6. The number of aromatic nitrogens is 4. The zero-order chi connectivity index (χ0) is 22.0. The lowest BCUT2D eigenvalue weighted by Gasteiger charge is -2.15. The molecule has 0 spiro atoms. The van der Waals surface area contributed by atoms with E-state index in [1.807, 2.05) is 35.8 Å². The molecule has 1 saturated carbocycles. The summed E-state index contributed by atoms with van der Waals surface area (Å²) in [4.78, 5) is 24.3. The number of aryl methyl sites for hydroxylation is 1. The second kappa shape index (κ2) is 8.93. The molecule has 10 heteroatoms. The molecule has 31 heavy (non-hydrogen) atoms. The number of hydrogen-bond donors (Lipinski definition) is 2. The Morgan fingerprint density at radius 3 is 2.71 bits per heavy atom. The summed E-state index contributed by atoms with van der Waals surface area (Å²) in [6.07, 6.45) is 2.74. The van der Waals surface area contributed by atoms with Crippen molar-refractivity contribution in [1.82, 2.24) is 19.9 Å². The number of thioether (sulfide) groups is 1. The molecule has 1 aliphatic carbocycles. The smallest absolute Gasteiger partial charge is 0.239 e. The maximum Gasteiger partial charge on any atom is 0.239 e. The Bertz CT molecular complexity index is 1100. The van der Waals surface area contributed by atoms with Crippen LogP contribution in [-0.4, -0.2) is 37.0 Å². The van der Waals surface area contributed by atoms with Gasteiger partial charge in [0.15, 0.2) is 11.0 Å². The fourth-order valence-electron chi connectivity index (χ4n) is 3.21. The van der Waals surface area contributed by atoms with Crippen LogP contribution in [0.25, 0.3) is 5.69 Å². The van der Waals surface area contributed by atoms with Gasteiger partial charge in [0, 0.05) is 24.6 Å². The molecule has 1 fully saturated rings. The summed E-state index contributed by atoms with van der Waals surface area (Å²) in [6.45, 7) is 5.19. The van der Waals surface area contributed by atoms with Gasteiger partial charge in [-0.05, 0) is 44.4 Å². The van der Waals surface area contributed by atoms with Crippen LogP contribution in [0.2, 0.25) is 0 Å². The second-order valence-corrected chi connectivity index (χ2v) is 8.68. The summed E-state index contributed by atoms with van der Waals surface area (Å²) in [6, 6.07) is 9.23. The van der Waals surface area contributed by atoms with E-state index in [2.05, 4.69) is 26.0 Å². The third kappa shape index (κ3) is 4.96. The summed E-state index contributed by atoms with van der Waals surface area (Å²) in [5.74, 6) is 1.95. The van der Waals surface area contributed by atoms with Gasteiger partial charge in [-0.1, -0.05) is 29.9 Å². The molecule has 162 valence electrons. The molecule has 0 radical (unpaired) electrons. The van der Waals surface area contributed by atoms with Crippen LogP contribution < -0.4 is 10.6 Å². The fourth-order valence-corrected chi connectivity index (χ4v) is 4.19. The van der Waals surface area contributed by atoms with Crippen LogP contribution in [0.1, 0.15) is 50.6 Å². The quantitative estimate of drug-likeness (QED) is 0.510. The number of anilines is 2. The van der Waals surface area contributed by atoms with Crippen LogP contribution >= 0.6 is 11.8 Å². The number of benzene rings is 1. The van der Waals surface area contributed by atoms with Gasteiger partial charge in [0.2, 0.25) is 11.8 Å². The van der Waals surface area contributed by atoms with E-state index in [4.69, 9.17) is 4.52 Å². The predicted octanol–water partition coefficient (Wildman–Crippen LogP) is 3.91. The first-order valence-corrected chi connectivity index (χ1v) is 11.1. The van der Waals surface area contributed by atoms with Crippen LogP contribution in [0.15, 0.2) is 40.0 Å². The van der Waals surface area contributed by atoms with Gasteiger partial charge >= 0.3 is 0 Å². The van der Waals surface area contributed by atoms with Gasteiger partial charge in [-0.15, -0.1) is 10.2 Å². The molecule has 4 rings (SSSR count). The van der Waals surface area contributed by atoms with Crippen molar-refractivity contribution in [3.8, 4) is 5.69 Å². The molecule has 2 N–H and O–H groups in total. The third-order valence-electron chi connectivity index (χ3n) is 4.82. The van der Waals surface area contributed by atoms with Crippen molar-refractivity contribution in [2.45, 2.75) is 56.4 Å². The maximum atomic E-state index is 12.8. The minimum Gasteiger partial charge on any atom is -0.360 e. The van der Waals surface area contributed by atoms with Crippen molar-refractivity contribution >= 4 is 35.1 Å². The van der Waals surface area contributed by atoms with Gasteiger partial charge in [0.25, 0.3) is 0 Å². The Kier molecular flexibility index (Phi) is 6.08. The molecule has 1 aromatic carbocycles. The molecule has 2 heterocycles. The Morgan fingerprint density at radius 1 is 1.26 bits per heavy atom. The van der Waals surface area contributed by atoms with Crippen LogP contribution in [0.3, 0.4) is 0 Å². The van der Waals surface area contributed by atoms with Crippen molar-refractivity contribution in [3.05, 3.63) is 41.9 Å². The highest BCUT2D eigenvalue weighted by Gasteiger charge is 2.32. The zero-order valence-corrected chi connectivity index (χ0v) is 18.4. The van der Waals surface area contributed by atoms with Gasteiger partial charge in [-0.3, -0.25) is 14.2 Å². The molecular formula is C21H24N6O3S. The van der Waals surface area contributed by atoms with Crippen LogP contribution in [0.5, 0.6) is 0 Å². The lowest BCUT2D eigenvalue weighted by molar-refractivity contribution is -0.116. The molecule has 2 amide bonds. The molecular weight excluding hydrogens is 416 g/mol. The summed E-state index contributed by atoms with van der Waals surface area (Å²) in [5, 5.41) is 18.5. The minimum atomic E-state index is -0.384. The molecule has 1 atom stereocenters. The van der Waals surface area contributed by atoms with Crippen molar-refractivity contribution in [1.29, 1.82) is 0 Å². The van der Waals surface area contributed by atoms with Crippen molar-refractivity contribution < 1.29 is 14.1 Å². The number of nitrogens with zero attached hydrogens (tertiary/aromatic N) is 4. The number of hydrogen-bond acceptors (Lipinski definition) is 7. The van der Waals surface area contributed by atoms with Crippen LogP contribution in [-0.2, 0) is 9.59 Å². The van der Waals surface area contributed by atoms with E-state index < -0.39 is 0 Å². The van der Waals surface area contributed by atoms with Gasteiger partial charge in [0.1, 0.15) is 11.6 Å². The molecule has 3 aromatic rings. The molecule has 0 saturated heterocycles. The number of carbonyl (C=O) groups excluding carboxylic acids is 2. The van der Waals surface area contributed by atoms with E-state index in [1.165, 1.54) is 18.7 Å². The SMILES string of the molecule is CCC(Sc1nnc(C2CC2)n1-c1cccc(NC(C)=O)c1)C(=O)Nc1cc(C)on1. The number of carbonyl (C=O) groups is 2. The second-order valence-electron chi connectivity index (χ2n) is 7.51. The average molecular weight is 441 g/mol.